The Balaban J connectivity index is 2.39. The molecule has 0 saturated carbocycles. The number of amides is 1. The van der Waals surface area contributed by atoms with Crippen LogP contribution in [0.5, 0.6) is 5.75 Å². The fourth-order valence-electron chi connectivity index (χ4n) is 2.23. The van der Waals surface area contributed by atoms with Crippen LogP contribution in [0.1, 0.15) is 25.5 Å². The van der Waals surface area contributed by atoms with E-state index >= 15 is 0 Å². The summed E-state index contributed by atoms with van der Waals surface area (Å²) >= 11 is 0. The molecule has 2 N–H and O–H groups in total. The Labute approximate surface area is 113 Å². The Morgan fingerprint density at radius 2 is 2.16 bits per heavy atom. The molecule has 0 bridgehead atoms. The molecule has 0 saturated heterocycles. The van der Waals surface area contributed by atoms with Gasteiger partial charge < -0.3 is 20.1 Å². The fourth-order valence-corrected chi connectivity index (χ4v) is 2.23. The highest BCUT2D eigenvalue weighted by Gasteiger charge is 2.39. The highest BCUT2D eigenvalue weighted by atomic mass is 16.5. The van der Waals surface area contributed by atoms with Crippen molar-refractivity contribution in [2.75, 3.05) is 25.5 Å². The van der Waals surface area contributed by atoms with E-state index in [-0.39, 0.29) is 5.91 Å². The summed E-state index contributed by atoms with van der Waals surface area (Å²) in [6.45, 7) is 3.96. The van der Waals surface area contributed by atoms with E-state index < -0.39 is 11.7 Å². The number of benzene rings is 1. The van der Waals surface area contributed by atoms with Gasteiger partial charge in [0.05, 0.1) is 11.8 Å². The van der Waals surface area contributed by atoms with E-state index in [1.165, 1.54) is 0 Å². The zero-order chi connectivity index (χ0) is 14.2. The smallest absolute Gasteiger partial charge is 0.270 e. The number of likely N-dealkylation sites (N-methyl/N-ethyl adjacent to an activating group) is 2. The normalized spacial score (nSPS) is 18.8. The van der Waals surface area contributed by atoms with Gasteiger partial charge in [0.1, 0.15) is 5.75 Å². The number of carbonyl (C=O) groups is 1. The van der Waals surface area contributed by atoms with Gasteiger partial charge in [-0.25, -0.2) is 0 Å². The molecule has 5 nitrogen and oxygen atoms in total. The molecule has 1 aliphatic heterocycles. The maximum atomic E-state index is 12.1. The number of fused-ring (bicyclic) bond motifs is 1. The number of ether oxygens (including phenoxy) is 1. The first-order valence-corrected chi connectivity index (χ1v) is 6.30. The summed E-state index contributed by atoms with van der Waals surface area (Å²) < 4.78 is 5.71. The molecule has 1 heterocycles. The molecule has 1 amide bonds. The number of aliphatic hydroxyl groups is 1. The highest BCUT2D eigenvalue weighted by Crippen LogP contribution is 2.38. The molecule has 0 aromatic heterocycles. The number of carbonyl (C=O) groups excluding carboxylic acids is 1. The Kier molecular flexibility index (Phi) is 3.52. The Bertz CT molecular complexity index is 499. The van der Waals surface area contributed by atoms with Gasteiger partial charge in [0, 0.05) is 13.6 Å². The van der Waals surface area contributed by atoms with Gasteiger partial charge in [-0.15, -0.1) is 0 Å². The molecule has 104 valence electrons. The van der Waals surface area contributed by atoms with Crippen molar-refractivity contribution in [3.63, 3.8) is 0 Å². The van der Waals surface area contributed by atoms with Crippen molar-refractivity contribution in [3.8, 4) is 5.75 Å². The van der Waals surface area contributed by atoms with E-state index in [2.05, 4.69) is 5.32 Å². The summed E-state index contributed by atoms with van der Waals surface area (Å²) in [5, 5.41) is 12.9. The second kappa shape index (κ2) is 4.83. The number of anilines is 1. The minimum atomic E-state index is -0.854. The van der Waals surface area contributed by atoms with E-state index in [1.54, 1.807) is 45.0 Å². The maximum Gasteiger partial charge on any atom is 0.270 e. The molecule has 19 heavy (non-hydrogen) atoms. The first-order valence-electron chi connectivity index (χ1n) is 6.30. The molecule has 0 spiro atoms. The van der Waals surface area contributed by atoms with Gasteiger partial charge >= 0.3 is 0 Å². The van der Waals surface area contributed by atoms with E-state index in [9.17, 15) is 9.90 Å². The predicted molar refractivity (Wildman–Crippen MR) is 73.4 cm³/mol. The number of nitrogens with zero attached hydrogens (tertiary/aromatic N) is 1. The van der Waals surface area contributed by atoms with Gasteiger partial charge in [-0.2, -0.15) is 0 Å². The lowest BCUT2D eigenvalue weighted by atomic mass is 10.0. The van der Waals surface area contributed by atoms with Crippen LogP contribution in [0.2, 0.25) is 0 Å². The first kappa shape index (κ1) is 13.8. The van der Waals surface area contributed by atoms with E-state index in [1.807, 2.05) is 6.07 Å². The van der Waals surface area contributed by atoms with Crippen molar-refractivity contribution >= 4 is 11.6 Å². The third-order valence-corrected chi connectivity index (χ3v) is 3.31. The van der Waals surface area contributed by atoms with Crippen molar-refractivity contribution in [1.29, 1.82) is 0 Å². The molecule has 5 heteroatoms. The lowest BCUT2D eigenvalue weighted by Gasteiger charge is -2.37. The van der Waals surface area contributed by atoms with Crippen molar-refractivity contribution in [3.05, 3.63) is 23.8 Å². The second-order valence-electron chi connectivity index (χ2n) is 5.28. The van der Waals surface area contributed by atoms with Crippen LogP contribution in [-0.4, -0.2) is 37.3 Å². The molecule has 0 radical (unpaired) electrons. The average molecular weight is 264 g/mol. The van der Waals surface area contributed by atoms with E-state index in [4.69, 9.17) is 4.74 Å². The van der Waals surface area contributed by atoms with Crippen LogP contribution >= 0.6 is 0 Å². The van der Waals surface area contributed by atoms with Crippen LogP contribution in [0.4, 0.5) is 5.69 Å². The summed E-state index contributed by atoms with van der Waals surface area (Å²) in [5.74, 6) is 0.563. The molecule has 1 aromatic carbocycles. The summed E-state index contributed by atoms with van der Waals surface area (Å²) in [7, 11) is 3.50. The SMILES string of the molecule is CNCC(O)c1ccc2c(c1)N(C)C(=O)C(C)(C)O2. The van der Waals surface area contributed by atoms with E-state index in [0.29, 0.717) is 18.0 Å². The third kappa shape index (κ3) is 2.43. The number of hydrogen-bond acceptors (Lipinski definition) is 4. The summed E-state index contributed by atoms with van der Waals surface area (Å²) in [5.41, 5.74) is 0.598. The summed E-state index contributed by atoms with van der Waals surface area (Å²) in [4.78, 5) is 13.7. The van der Waals surface area contributed by atoms with Crippen LogP contribution < -0.4 is 15.0 Å². The topological polar surface area (TPSA) is 61.8 Å². The molecule has 1 atom stereocenters. The van der Waals surface area contributed by atoms with Crippen molar-refractivity contribution in [2.45, 2.75) is 25.6 Å². The molecule has 1 aliphatic rings. The van der Waals surface area contributed by atoms with Crippen LogP contribution in [-0.2, 0) is 4.79 Å². The third-order valence-electron chi connectivity index (χ3n) is 3.31. The maximum absolute atomic E-state index is 12.1. The second-order valence-corrected chi connectivity index (χ2v) is 5.28. The Morgan fingerprint density at radius 3 is 2.79 bits per heavy atom. The standard InChI is InChI=1S/C14H20N2O3/c1-14(2)13(18)16(4)10-7-9(11(17)8-15-3)5-6-12(10)19-14/h5-7,11,15,17H,8H2,1-4H3. The van der Waals surface area contributed by atoms with Crippen LogP contribution in [0.15, 0.2) is 18.2 Å². The molecule has 0 aliphatic carbocycles. The minimum absolute atomic E-state index is 0.0970. The lowest BCUT2D eigenvalue weighted by molar-refractivity contribution is -0.132. The number of aliphatic hydroxyl groups excluding tert-OH is 1. The zero-order valence-corrected chi connectivity index (χ0v) is 11.7. The van der Waals surface area contributed by atoms with Crippen LogP contribution in [0, 0.1) is 0 Å². The van der Waals surface area contributed by atoms with Gasteiger partial charge in [0.2, 0.25) is 0 Å². The number of rotatable bonds is 3. The molecular weight excluding hydrogens is 244 g/mol. The molecule has 1 aromatic rings. The number of nitrogens with one attached hydrogen (secondary N) is 1. The van der Waals surface area contributed by atoms with Crippen LogP contribution in [0.3, 0.4) is 0 Å². The first-order chi connectivity index (χ1) is 8.86. The fraction of sp³-hybridized carbons (Fsp3) is 0.500. The van der Waals surface area contributed by atoms with Crippen LogP contribution in [0.25, 0.3) is 0 Å². The van der Waals surface area contributed by atoms with Crippen molar-refractivity contribution < 1.29 is 14.6 Å². The quantitative estimate of drug-likeness (QED) is 0.857. The van der Waals surface area contributed by atoms with Crippen molar-refractivity contribution in [1.82, 2.24) is 5.32 Å². The largest absolute Gasteiger partial charge is 0.476 e. The van der Waals surface area contributed by atoms with E-state index in [0.717, 1.165) is 5.56 Å². The van der Waals surface area contributed by atoms with Gasteiger partial charge in [-0.3, -0.25) is 4.79 Å². The minimum Gasteiger partial charge on any atom is -0.476 e. The van der Waals surface area contributed by atoms with Gasteiger partial charge in [0.15, 0.2) is 5.60 Å². The molecule has 1 unspecified atom stereocenters. The Morgan fingerprint density at radius 1 is 1.47 bits per heavy atom. The average Bonchev–Trinajstić information content (AvgIpc) is 2.36. The Hall–Kier alpha value is -1.59. The summed E-state index contributed by atoms with van der Waals surface area (Å²) in [6, 6.07) is 5.42. The number of hydrogen-bond donors (Lipinski definition) is 2. The highest BCUT2D eigenvalue weighted by molar-refractivity contribution is 6.01. The zero-order valence-electron chi connectivity index (χ0n) is 11.7. The lowest BCUT2D eigenvalue weighted by Crippen LogP contribution is -2.50. The molecular formula is C14H20N2O3. The molecule has 0 fully saturated rings. The summed E-state index contributed by atoms with van der Waals surface area (Å²) in [6.07, 6.45) is -0.603. The molecule has 2 rings (SSSR count). The van der Waals surface area contributed by atoms with Gasteiger partial charge in [-0.05, 0) is 38.6 Å². The predicted octanol–water partition coefficient (Wildman–Crippen LogP) is 1.07. The van der Waals surface area contributed by atoms with Gasteiger partial charge in [-0.1, -0.05) is 6.07 Å². The van der Waals surface area contributed by atoms with Gasteiger partial charge in [0.25, 0.3) is 5.91 Å². The monoisotopic (exact) mass is 264 g/mol. The van der Waals surface area contributed by atoms with Crippen molar-refractivity contribution in [2.24, 2.45) is 0 Å².